The van der Waals surface area contributed by atoms with Crippen molar-refractivity contribution >= 4 is 19.2 Å². The molecule has 1 amide bonds. The van der Waals surface area contributed by atoms with E-state index in [0.717, 1.165) is 36.4 Å². The van der Waals surface area contributed by atoms with E-state index >= 15 is 0 Å². The molecule has 14 heteroatoms. The third-order valence-electron chi connectivity index (χ3n) is 4.26. The fourth-order valence-corrected chi connectivity index (χ4v) is 4.96. The number of amides is 1. The summed E-state index contributed by atoms with van der Waals surface area (Å²) in [5.41, 5.74) is -3.77. The zero-order valence-corrected chi connectivity index (χ0v) is 18.7. The average molecular weight is 516 g/mol. The molecule has 0 saturated heterocycles. The van der Waals surface area contributed by atoms with Gasteiger partial charge in [-0.2, -0.15) is 26.3 Å². The van der Waals surface area contributed by atoms with Crippen LogP contribution in [-0.2, 0) is 19.8 Å². The summed E-state index contributed by atoms with van der Waals surface area (Å²) in [5, 5.41) is 2.95. The predicted octanol–water partition coefficient (Wildman–Crippen LogP) is 6.47. The van der Waals surface area contributed by atoms with Crippen molar-refractivity contribution < 1.29 is 49.1 Å². The fourth-order valence-electron chi connectivity index (χ4n) is 3.03. The Morgan fingerprint density at radius 1 is 0.971 bits per heavy atom. The van der Waals surface area contributed by atoms with Crippen molar-refractivity contribution in [3.05, 3.63) is 65.0 Å². The van der Waals surface area contributed by atoms with E-state index in [1.165, 1.54) is 13.8 Å². The van der Waals surface area contributed by atoms with E-state index < -0.39 is 54.4 Å². The highest BCUT2D eigenvalue weighted by Crippen LogP contribution is 2.61. The molecule has 2 aromatic rings. The molecule has 1 unspecified atom stereocenters. The van der Waals surface area contributed by atoms with Crippen molar-refractivity contribution in [3.8, 4) is 0 Å². The van der Waals surface area contributed by atoms with E-state index in [9.17, 15) is 40.1 Å². The minimum Gasteiger partial charge on any atom is -0.367 e. The molecule has 0 aliphatic carbocycles. The van der Waals surface area contributed by atoms with Crippen LogP contribution in [0, 0.1) is 5.82 Å². The summed E-state index contributed by atoms with van der Waals surface area (Å²) in [7, 11) is -4.25. The van der Waals surface area contributed by atoms with Crippen LogP contribution in [-0.4, -0.2) is 25.4 Å². The molecule has 1 atom stereocenters. The zero-order valence-electron chi connectivity index (χ0n) is 17.8. The summed E-state index contributed by atoms with van der Waals surface area (Å²) in [6, 6.07) is 6.39. The first kappa shape index (κ1) is 27.6. The molecule has 0 spiro atoms. The molecule has 0 bridgehead atoms. The van der Waals surface area contributed by atoms with Gasteiger partial charge in [0.15, 0.2) is 5.78 Å². The van der Waals surface area contributed by atoms with E-state index in [4.69, 9.17) is 9.05 Å². The Hall–Kier alpha value is -2.63. The number of nitrogens with one attached hydrogen (secondary N) is 2. The van der Waals surface area contributed by atoms with Crippen molar-refractivity contribution in [1.29, 1.82) is 0 Å². The molecule has 2 rings (SSSR count). The highest BCUT2D eigenvalue weighted by atomic mass is 31.2. The summed E-state index contributed by atoms with van der Waals surface area (Å²) in [6.45, 7) is 2.58. The van der Waals surface area contributed by atoms with Crippen molar-refractivity contribution in [2.24, 2.45) is 0 Å². The number of halogens is 7. The minimum atomic E-state index is -5.32. The van der Waals surface area contributed by atoms with Crippen LogP contribution in [0.1, 0.15) is 41.1 Å². The predicted molar refractivity (Wildman–Crippen MR) is 109 cm³/mol. The van der Waals surface area contributed by atoms with Crippen LogP contribution >= 0.6 is 7.60 Å². The number of hydrogen-bond acceptors (Lipinski definition) is 5. The molecule has 34 heavy (non-hydrogen) atoms. The van der Waals surface area contributed by atoms with Gasteiger partial charge < -0.3 is 14.4 Å². The maximum atomic E-state index is 13.6. The van der Waals surface area contributed by atoms with Gasteiger partial charge in [0.25, 0.3) is 5.91 Å². The van der Waals surface area contributed by atoms with Gasteiger partial charge >= 0.3 is 20.1 Å². The van der Waals surface area contributed by atoms with Crippen molar-refractivity contribution in [1.82, 2.24) is 5.32 Å². The van der Waals surface area contributed by atoms with Gasteiger partial charge in [0.1, 0.15) is 5.82 Å². The number of anilines is 1. The first-order valence-electron chi connectivity index (χ1n) is 9.72. The van der Waals surface area contributed by atoms with E-state index in [0.29, 0.717) is 11.4 Å². The molecule has 0 aromatic heterocycles. The monoisotopic (exact) mass is 516 g/mol. The van der Waals surface area contributed by atoms with Crippen molar-refractivity contribution in [2.45, 2.75) is 32.1 Å². The Bertz CT molecular complexity index is 1030. The molecule has 0 fully saturated rings. The number of carbonyl (C=O) groups excluding carboxylic acids is 1. The Morgan fingerprint density at radius 3 is 2.00 bits per heavy atom. The van der Waals surface area contributed by atoms with E-state index in [-0.39, 0.29) is 18.8 Å². The minimum absolute atomic E-state index is 0.0197. The Morgan fingerprint density at radius 2 is 1.53 bits per heavy atom. The molecular formula is C20H20F7N2O4P. The number of alkyl halides is 6. The van der Waals surface area contributed by atoms with Crippen LogP contribution in [0.15, 0.2) is 42.5 Å². The lowest BCUT2D eigenvalue weighted by atomic mass is 10.0. The summed E-state index contributed by atoms with van der Waals surface area (Å²) in [6.07, 6.45) is -10.5. The Balaban J connectivity index is 2.71. The van der Waals surface area contributed by atoms with E-state index in [1.54, 1.807) is 0 Å². The highest BCUT2D eigenvalue weighted by Gasteiger charge is 2.42. The number of benzene rings is 2. The molecule has 0 radical (unpaired) electrons. The van der Waals surface area contributed by atoms with E-state index in [1.807, 2.05) is 0 Å². The van der Waals surface area contributed by atoms with Crippen molar-refractivity contribution in [3.63, 3.8) is 0 Å². The summed E-state index contributed by atoms with van der Waals surface area (Å²) in [5.74, 6) is -4.38. The third kappa shape index (κ3) is 6.94. The molecule has 6 nitrogen and oxygen atoms in total. The summed E-state index contributed by atoms with van der Waals surface area (Å²) < 4.78 is 116. The molecule has 0 aliphatic rings. The summed E-state index contributed by atoms with van der Waals surface area (Å²) in [4.78, 5) is 12.3. The van der Waals surface area contributed by atoms with Gasteiger partial charge in [0, 0.05) is 5.69 Å². The molecule has 0 aliphatic heterocycles. The lowest BCUT2D eigenvalue weighted by Gasteiger charge is -2.29. The number of hydrogen-bond donors (Lipinski definition) is 2. The van der Waals surface area contributed by atoms with Crippen molar-refractivity contribution in [2.75, 3.05) is 18.5 Å². The van der Waals surface area contributed by atoms with Crippen LogP contribution in [0.25, 0.3) is 0 Å². The quantitative estimate of drug-likeness (QED) is 0.227. The van der Waals surface area contributed by atoms with Gasteiger partial charge in [0.05, 0.1) is 24.3 Å². The van der Waals surface area contributed by atoms with Crippen LogP contribution in [0.2, 0.25) is 0 Å². The van der Waals surface area contributed by atoms with Crippen LogP contribution in [0.4, 0.5) is 36.4 Å². The van der Waals surface area contributed by atoms with Gasteiger partial charge in [-0.3, -0.25) is 14.7 Å². The Kier molecular flexibility index (Phi) is 8.73. The van der Waals surface area contributed by atoms with Crippen LogP contribution in [0.3, 0.4) is 0 Å². The maximum Gasteiger partial charge on any atom is 0.484 e. The van der Waals surface area contributed by atoms with Gasteiger partial charge in [-0.25, -0.2) is 4.39 Å². The maximum absolute atomic E-state index is 13.6. The standard InChI is InChI=1S/C20H20F7N2O4P/c1-3-32-34(31,33-4-2)18(12-8-10-13(21)11-9-12)28-15-7-5-6-14(19(22,23)24)16(15)17(30)29-20(25,26)27/h5-11,18,28H,3-4H2,1-2H3,(H,29,30). The van der Waals surface area contributed by atoms with Crippen LogP contribution < -0.4 is 10.6 Å². The first-order valence-corrected chi connectivity index (χ1v) is 11.3. The topological polar surface area (TPSA) is 76.7 Å². The SMILES string of the molecule is CCOP(=O)(OCC)C(Nc1cccc(C(F)(F)F)c1C(=O)NC(F)(F)F)c1ccc(F)cc1. The fraction of sp³-hybridized carbons (Fsp3) is 0.350. The number of rotatable bonds is 9. The zero-order chi connectivity index (χ0) is 25.7. The number of carbonyl (C=O) groups is 1. The second-order valence-electron chi connectivity index (χ2n) is 6.65. The highest BCUT2D eigenvalue weighted by molar-refractivity contribution is 7.54. The van der Waals surface area contributed by atoms with Gasteiger partial charge in [-0.05, 0) is 43.7 Å². The second-order valence-corrected chi connectivity index (χ2v) is 8.76. The molecule has 2 aromatic carbocycles. The lowest BCUT2D eigenvalue weighted by Crippen LogP contribution is -2.38. The third-order valence-corrected chi connectivity index (χ3v) is 6.56. The van der Waals surface area contributed by atoms with Gasteiger partial charge in [-0.15, -0.1) is 0 Å². The second kappa shape index (κ2) is 10.7. The normalized spacial score (nSPS) is 13.4. The first-order chi connectivity index (χ1) is 15.7. The van der Waals surface area contributed by atoms with Crippen LogP contribution in [0.5, 0.6) is 0 Å². The lowest BCUT2D eigenvalue weighted by molar-refractivity contribution is -0.148. The molecule has 188 valence electrons. The largest absolute Gasteiger partial charge is 0.484 e. The molecule has 2 N–H and O–H groups in total. The average Bonchev–Trinajstić information content (AvgIpc) is 2.71. The molecule has 0 saturated carbocycles. The summed E-state index contributed by atoms with van der Waals surface area (Å²) >= 11 is 0. The van der Waals surface area contributed by atoms with Gasteiger partial charge in [0.2, 0.25) is 0 Å². The smallest absolute Gasteiger partial charge is 0.367 e. The Labute approximate surface area is 190 Å². The molecular weight excluding hydrogens is 496 g/mol. The van der Waals surface area contributed by atoms with E-state index in [2.05, 4.69) is 5.32 Å². The molecule has 0 heterocycles. The van der Waals surface area contributed by atoms with Gasteiger partial charge in [-0.1, -0.05) is 18.2 Å².